The second kappa shape index (κ2) is 6.89. The van der Waals surface area contributed by atoms with Gasteiger partial charge in [0.05, 0.1) is 23.9 Å². The van der Waals surface area contributed by atoms with E-state index in [0.29, 0.717) is 11.1 Å². The first-order chi connectivity index (χ1) is 14.4. The zero-order valence-electron chi connectivity index (χ0n) is 15.9. The summed E-state index contributed by atoms with van der Waals surface area (Å²) in [5.41, 5.74) is 7.00. The topological polar surface area (TPSA) is 118 Å². The predicted octanol–water partition coefficient (Wildman–Crippen LogP) is 2.95. The average molecular weight is 414 g/mol. The van der Waals surface area contributed by atoms with Gasteiger partial charge in [-0.25, -0.2) is 13.8 Å². The number of halogens is 2. The third kappa shape index (κ3) is 2.86. The number of fused-ring (bicyclic) bond motifs is 4. The van der Waals surface area contributed by atoms with Gasteiger partial charge < -0.3 is 16.2 Å². The van der Waals surface area contributed by atoms with E-state index < -0.39 is 29.6 Å². The Morgan fingerprint density at radius 1 is 1.17 bits per heavy atom. The first kappa shape index (κ1) is 18.7. The fraction of sp³-hybridized carbons (Fsp3) is 0.400. The van der Waals surface area contributed by atoms with Crippen LogP contribution in [0.15, 0.2) is 24.7 Å². The fourth-order valence-corrected chi connectivity index (χ4v) is 5.11. The lowest BCUT2D eigenvalue weighted by Gasteiger charge is -2.47. The van der Waals surface area contributed by atoms with Crippen molar-refractivity contribution in [3.05, 3.63) is 36.3 Å². The minimum atomic E-state index is -0.876. The number of aliphatic carboxylic acids is 1. The number of rotatable bonds is 4. The Balaban J connectivity index is 1.61. The van der Waals surface area contributed by atoms with Gasteiger partial charge in [-0.15, -0.1) is 5.10 Å². The van der Waals surface area contributed by atoms with Gasteiger partial charge in [0.25, 0.3) is 0 Å². The standard InChI is InChI=1S/C20H20F2N6O2/c21-12-5-11(6-24-7-12)15-17(23)27-28-18(13(22)8-25-19(15)28)26-16-10-3-1-9(2-4-10)14(16)20(29)30/h5-10,14,16,26H,1-4H2,(H2,23,27)(H,29,30)/t9-,10+,14-,16?/m0/s1. The molecule has 3 aromatic heterocycles. The molecule has 0 aromatic carbocycles. The van der Waals surface area contributed by atoms with Gasteiger partial charge in [0.2, 0.25) is 0 Å². The summed E-state index contributed by atoms with van der Waals surface area (Å²) in [4.78, 5) is 19.9. The number of pyridine rings is 1. The molecule has 8 nitrogen and oxygen atoms in total. The molecule has 0 aliphatic heterocycles. The summed E-state index contributed by atoms with van der Waals surface area (Å²) < 4.78 is 29.7. The first-order valence-corrected chi connectivity index (χ1v) is 9.87. The predicted molar refractivity (Wildman–Crippen MR) is 105 cm³/mol. The minimum absolute atomic E-state index is 0.00566. The van der Waals surface area contributed by atoms with Gasteiger partial charge in [-0.1, -0.05) is 0 Å². The van der Waals surface area contributed by atoms with Crippen LogP contribution in [0.4, 0.5) is 20.4 Å². The number of anilines is 2. The summed E-state index contributed by atoms with van der Waals surface area (Å²) in [7, 11) is 0. The van der Waals surface area contributed by atoms with Crippen LogP contribution in [0.1, 0.15) is 25.7 Å². The SMILES string of the molecule is Nc1nn2c(NC3[C@H]4CC[C@H](CC4)[C@@H]3C(=O)O)c(F)cnc2c1-c1cncc(F)c1. The van der Waals surface area contributed by atoms with Crippen molar-refractivity contribution in [2.24, 2.45) is 17.8 Å². The van der Waals surface area contributed by atoms with Crippen molar-refractivity contribution in [2.45, 2.75) is 31.7 Å². The molecule has 0 amide bonds. The van der Waals surface area contributed by atoms with E-state index >= 15 is 0 Å². The normalized spacial score (nSPS) is 25.5. The maximum absolute atomic E-state index is 14.8. The van der Waals surface area contributed by atoms with E-state index in [0.717, 1.165) is 38.1 Å². The highest BCUT2D eigenvalue weighted by Crippen LogP contribution is 2.46. The lowest BCUT2D eigenvalue weighted by atomic mass is 9.61. The number of carboxylic acids is 1. The van der Waals surface area contributed by atoms with Crippen LogP contribution in [0.5, 0.6) is 0 Å². The van der Waals surface area contributed by atoms with Gasteiger partial charge in [0.15, 0.2) is 23.1 Å². The highest BCUT2D eigenvalue weighted by atomic mass is 19.1. The summed E-state index contributed by atoms with van der Waals surface area (Å²) in [6.07, 6.45) is 7.09. The number of nitrogens with zero attached hydrogens (tertiary/aromatic N) is 4. The van der Waals surface area contributed by atoms with Gasteiger partial charge in [0, 0.05) is 17.8 Å². The number of hydrogen-bond acceptors (Lipinski definition) is 6. The minimum Gasteiger partial charge on any atom is -0.481 e. The molecule has 3 heterocycles. The second-order valence-electron chi connectivity index (χ2n) is 8.05. The molecule has 30 heavy (non-hydrogen) atoms. The van der Waals surface area contributed by atoms with Crippen molar-refractivity contribution >= 4 is 23.3 Å². The molecule has 3 aromatic rings. The van der Waals surface area contributed by atoms with Crippen LogP contribution in [-0.2, 0) is 4.79 Å². The lowest BCUT2D eigenvalue weighted by Crippen LogP contribution is -2.51. The molecule has 1 unspecified atom stereocenters. The van der Waals surface area contributed by atoms with Crippen molar-refractivity contribution in [1.82, 2.24) is 19.6 Å². The third-order valence-corrected chi connectivity index (χ3v) is 6.43. The third-order valence-electron chi connectivity index (χ3n) is 6.43. The van der Waals surface area contributed by atoms with Crippen LogP contribution in [0.2, 0.25) is 0 Å². The second-order valence-corrected chi connectivity index (χ2v) is 8.05. The summed E-state index contributed by atoms with van der Waals surface area (Å²) in [6.45, 7) is 0. The van der Waals surface area contributed by atoms with Crippen LogP contribution in [0, 0.1) is 29.4 Å². The van der Waals surface area contributed by atoms with Crippen LogP contribution in [-0.4, -0.2) is 36.7 Å². The number of hydrogen-bond donors (Lipinski definition) is 3. The van der Waals surface area contributed by atoms with Crippen LogP contribution >= 0.6 is 0 Å². The Kier molecular flexibility index (Phi) is 4.30. The Morgan fingerprint density at radius 2 is 1.90 bits per heavy atom. The molecular formula is C20H20F2N6O2. The quantitative estimate of drug-likeness (QED) is 0.601. The van der Waals surface area contributed by atoms with Crippen molar-refractivity contribution < 1.29 is 18.7 Å². The van der Waals surface area contributed by atoms with E-state index in [-0.39, 0.29) is 29.1 Å². The van der Waals surface area contributed by atoms with Gasteiger partial charge in [-0.2, -0.15) is 4.52 Å². The molecule has 3 fully saturated rings. The van der Waals surface area contributed by atoms with Gasteiger partial charge >= 0.3 is 5.97 Å². The van der Waals surface area contributed by atoms with E-state index in [9.17, 15) is 18.7 Å². The molecule has 2 bridgehead atoms. The molecule has 3 saturated carbocycles. The zero-order chi connectivity index (χ0) is 21.0. The van der Waals surface area contributed by atoms with Crippen molar-refractivity contribution in [2.75, 3.05) is 11.1 Å². The fourth-order valence-electron chi connectivity index (χ4n) is 5.11. The van der Waals surface area contributed by atoms with Gasteiger partial charge in [-0.05, 0) is 43.6 Å². The van der Waals surface area contributed by atoms with Crippen LogP contribution < -0.4 is 11.1 Å². The molecular weight excluding hydrogens is 394 g/mol. The molecule has 10 heteroatoms. The van der Waals surface area contributed by atoms with E-state index in [4.69, 9.17) is 5.73 Å². The highest BCUT2D eigenvalue weighted by Gasteiger charge is 2.47. The molecule has 0 spiro atoms. The summed E-state index contributed by atoms with van der Waals surface area (Å²) in [6, 6.07) is 0.832. The number of nitrogen functional groups attached to an aromatic ring is 1. The Morgan fingerprint density at radius 3 is 2.60 bits per heavy atom. The number of aromatic nitrogens is 4. The van der Waals surface area contributed by atoms with Crippen molar-refractivity contribution in [3.63, 3.8) is 0 Å². The molecule has 6 rings (SSSR count). The van der Waals surface area contributed by atoms with E-state index in [1.54, 1.807) is 0 Å². The summed E-state index contributed by atoms with van der Waals surface area (Å²) in [5, 5.41) is 17.1. The molecule has 2 atom stereocenters. The van der Waals surface area contributed by atoms with E-state index in [1.807, 2.05) is 0 Å². The van der Waals surface area contributed by atoms with Crippen LogP contribution in [0.25, 0.3) is 16.8 Å². The number of nitrogens with one attached hydrogen (secondary N) is 1. The Labute approximate surface area is 170 Å². The van der Waals surface area contributed by atoms with Gasteiger partial charge in [0.1, 0.15) is 5.82 Å². The van der Waals surface area contributed by atoms with Gasteiger partial charge in [-0.3, -0.25) is 9.78 Å². The summed E-state index contributed by atoms with van der Waals surface area (Å²) >= 11 is 0. The molecule has 3 aliphatic carbocycles. The van der Waals surface area contributed by atoms with E-state index in [1.165, 1.54) is 16.8 Å². The average Bonchev–Trinajstić information content (AvgIpc) is 3.06. The largest absolute Gasteiger partial charge is 0.481 e. The smallest absolute Gasteiger partial charge is 0.308 e. The maximum atomic E-state index is 14.8. The van der Waals surface area contributed by atoms with E-state index in [2.05, 4.69) is 20.4 Å². The highest BCUT2D eigenvalue weighted by molar-refractivity contribution is 5.86. The number of carbonyl (C=O) groups is 1. The number of carboxylic acid groups (broad SMARTS) is 1. The molecule has 4 N–H and O–H groups in total. The molecule has 3 aliphatic rings. The Hall–Kier alpha value is -3.30. The molecule has 0 radical (unpaired) electrons. The molecule has 0 saturated heterocycles. The van der Waals surface area contributed by atoms with Crippen molar-refractivity contribution in [3.8, 4) is 11.1 Å². The summed E-state index contributed by atoms with van der Waals surface area (Å²) in [5.74, 6) is -2.43. The lowest BCUT2D eigenvalue weighted by molar-refractivity contribution is -0.148. The Bertz CT molecular complexity index is 1140. The molecule has 156 valence electrons. The monoisotopic (exact) mass is 414 g/mol. The first-order valence-electron chi connectivity index (χ1n) is 9.87. The maximum Gasteiger partial charge on any atom is 0.308 e. The number of nitrogens with two attached hydrogens (primary N) is 1. The van der Waals surface area contributed by atoms with Crippen molar-refractivity contribution in [1.29, 1.82) is 0 Å². The zero-order valence-corrected chi connectivity index (χ0v) is 15.9. The van der Waals surface area contributed by atoms with Crippen LogP contribution in [0.3, 0.4) is 0 Å².